The van der Waals surface area contributed by atoms with Gasteiger partial charge in [-0.2, -0.15) is 5.26 Å². The zero-order chi connectivity index (χ0) is 20.8. The number of benzene rings is 2. The molecule has 5 rings (SSSR count). The molecule has 2 aromatic carbocycles. The van der Waals surface area contributed by atoms with Gasteiger partial charge in [-0.05, 0) is 42.8 Å². The van der Waals surface area contributed by atoms with Crippen molar-refractivity contribution < 1.29 is 9.59 Å². The molecule has 0 saturated carbocycles. The summed E-state index contributed by atoms with van der Waals surface area (Å²) in [5.74, 6) is -0.919. The van der Waals surface area contributed by atoms with Crippen molar-refractivity contribution in [3.8, 4) is 6.07 Å². The molecule has 4 N–H and O–H groups in total. The van der Waals surface area contributed by atoms with Gasteiger partial charge in [-0.3, -0.25) is 14.9 Å². The van der Waals surface area contributed by atoms with E-state index >= 15 is 0 Å². The molecule has 1 aliphatic heterocycles. The van der Waals surface area contributed by atoms with Gasteiger partial charge in [0.15, 0.2) is 0 Å². The van der Waals surface area contributed by atoms with Crippen molar-refractivity contribution in [1.29, 1.82) is 5.26 Å². The summed E-state index contributed by atoms with van der Waals surface area (Å²) in [6.07, 6.45) is 4.23. The van der Waals surface area contributed by atoms with Crippen LogP contribution in [-0.2, 0) is 16.0 Å². The van der Waals surface area contributed by atoms with E-state index in [1.807, 2.05) is 30.5 Å². The third-order valence-corrected chi connectivity index (χ3v) is 5.44. The van der Waals surface area contributed by atoms with E-state index in [4.69, 9.17) is 5.73 Å². The summed E-state index contributed by atoms with van der Waals surface area (Å²) in [5.41, 5.74) is 10.0. The van der Waals surface area contributed by atoms with Gasteiger partial charge in [0.05, 0.1) is 22.7 Å². The van der Waals surface area contributed by atoms with Gasteiger partial charge in [0.1, 0.15) is 5.70 Å². The van der Waals surface area contributed by atoms with Crippen LogP contribution in [-0.4, -0.2) is 27.9 Å². The Hall–Kier alpha value is -4.15. The largest absolute Gasteiger partial charge is 0.361 e. The molecule has 3 heterocycles. The van der Waals surface area contributed by atoms with Crippen LogP contribution in [0.15, 0.2) is 54.9 Å². The summed E-state index contributed by atoms with van der Waals surface area (Å²) < 4.78 is 1.77. The van der Waals surface area contributed by atoms with Crippen LogP contribution in [0.2, 0.25) is 0 Å². The van der Waals surface area contributed by atoms with Crippen molar-refractivity contribution in [3.63, 3.8) is 0 Å². The minimum atomic E-state index is -0.462. The first-order valence-corrected chi connectivity index (χ1v) is 9.53. The molecule has 2 amide bonds. The number of imide groups is 1. The lowest BCUT2D eigenvalue weighted by atomic mass is 10.0. The maximum Gasteiger partial charge on any atom is 0.275 e. The summed E-state index contributed by atoms with van der Waals surface area (Å²) in [6, 6.07) is 15.1. The zero-order valence-electron chi connectivity index (χ0n) is 15.9. The molecule has 0 bridgehead atoms. The third kappa shape index (κ3) is 2.55. The fraction of sp³-hybridized carbons (Fsp3) is 0.0870. The first kappa shape index (κ1) is 17.9. The lowest BCUT2D eigenvalue weighted by Crippen LogP contribution is -2.23. The number of aromatic nitrogens is 2. The number of hydrogen-bond donors (Lipinski definition) is 3. The number of rotatable bonds is 4. The highest BCUT2D eigenvalue weighted by Gasteiger charge is 2.34. The van der Waals surface area contributed by atoms with Gasteiger partial charge in [-0.25, -0.2) is 0 Å². The van der Waals surface area contributed by atoms with Crippen LogP contribution < -0.4 is 11.1 Å². The molecule has 0 fully saturated rings. The van der Waals surface area contributed by atoms with E-state index in [1.165, 1.54) is 0 Å². The van der Waals surface area contributed by atoms with Crippen molar-refractivity contribution in [3.05, 3.63) is 71.5 Å². The molecule has 7 nitrogen and oxygen atoms in total. The maximum absolute atomic E-state index is 12.9. The summed E-state index contributed by atoms with van der Waals surface area (Å²) in [6.45, 7) is 0.477. The number of nitrogens with one attached hydrogen (secondary N) is 2. The normalized spacial score (nSPS) is 14.0. The van der Waals surface area contributed by atoms with Gasteiger partial charge in [-0.1, -0.05) is 18.2 Å². The van der Waals surface area contributed by atoms with Gasteiger partial charge in [0.2, 0.25) is 0 Å². The van der Waals surface area contributed by atoms with Crippen molar-refractivity contribution >= 4 is 44.9 Å². The van der Waals surface area contributed by atoms with E-state index < -0.39 is 11.8 Å². The van der Waals surface area contributed by atoms with Crippen LogP contribution in [0, 0.1) is 11.3 Å². The molecule has 0 radical (unpaired) electrons. The smallest absolute Gasteiger partial charge is 0.275 e. The van der Waals surface area contributed by atoms with E-state index in [1.54, 1.807) is 29.0 Å². The van der Waals surface area contributed by atoms with Gasteiger partial charge in [0, 0.05) is 34.2 Å². The average molecular weight is 395 g/mol. The molecule has 0 aliphatic carbocycles. The minimum Gasteiger partial charge on any atom is -0.361 e. The maximum atomic E-state index is 12.9. The highest BCUT2D eigenvalue weighted by atomic mass is 16.2. The van der Waals surface area contributed by atoms with E-state index in [0.29, 0.717) is 29.5 Å². The number of carbonyl (C=O) groups is 2. The van der Waals surface area contributed by atoms with E-state index in [9.17, 15) is 14.9 Å². The number of fused-ring (bicyclic) bond motifs is 2. The third-order valence-electron chi connectivity index (χ3n) is 5.44. The number of amides is 2. The Bertz CT molecular complexity index is 1430. The number of carbonyl (C=O) groups excluding carboxylic acids is 2. The molecule has 146 valence electrons. The fourth-order valence-corrected chi connectivity index (χ4v) is 4.11. The number of H-pyrrole nitrogens is 1. The fourth-order valence-electron chi connectivity index (χ4n) is 4.11. The SMILES string of the molecule is N#Cc1ccc2[nH]cc(C3=C(n4cc(CCN)c5ccccc54)C(=O)NC3=O)c2c1. The second kappa shape index (κ2) is 6.72. The van der Waals surface area contributed by atoms with Crippen LogP contribution in [0.1, 0.15) is 16.7 Å². The first-order chi connectivity index (χ1) is 14.6. The number of nitrogens with zero attached hydrogens (tertiary/aromatic N) is 2. The number of aromatic amines is 1. The number of nitriles is 1. The molecule has 0 spiro atoms. The highest BCUT2D eigenvalue weighted by Crippen LogP contribution is 2.35. The number of nitrogens with two attached hydrogens (primary N) is 1. The van der Waals surface area contributed by atoms with Crippen LogP contribution >= 0.6 is 0 Å². The van der Waals surface area contributed by atoms with E-state index in [2.05, 4.69) is 16.4 Å². The summed E-state index contributed by atoms with van der Waals surface area (Å²) in [5, 5.41) is 13.4. The van der Waals surface area contributed by atoms with Crippen LogP contribution in [0.4, 0.5) is 0 Å². The molecule has 0 saturated heterocycles. The van der Waals surface area contributed by atoms with Crippen LogP contribution in [0.3, 0.4) is 0 Å². The summed E-state index contributed by atoms with van der Waals surface area (Å²) in [7, 11) is 0. The van der Waals surface area contributed by atoms with Gasteiger partial charge in [-0.15, -0.1) is 0 Å². The Kier molecular flexibility index (Phi) is 4.02. The Labute approximate surface area is 171 Å². The Morgan fingerprint density at radius 3 is 2.70 bits per heavy atom. The molecular formula is C23H17N5O2. The van der Waals surface area contributed by atoms with Gasteiger partial charge >= 0.3 is 0 Å². The minimum absolute atomic E-state index is 0.266. The molecule has 0 atom stereocenters. The van der Waals surface area contributed by atoms with Crippen molar-refractivity contribution in [2.75, 3.05) is 6.54 Å². The van der Waals surface area contributed by atoms with Crippen molar-refractivity contribution in [1.82, 2.24) is 14.9 Å². The molecule has 2 aromatic heterocycles. The molecular weight excluding hydrogens is 378 g/mol. The predicted octanol–water partition coefficient (Wildman–Crippen LogP) is 2.52. The summed E-state index contributed by atoms with van der Waals surface area (Å²) >= 11 is 0. The van der Waals surface area contributed by atoms with Crippen molar-refractivity contribution in [2.24, 2.45) is 5.73 Å². The quantitative estimate of drug-likeness (QED) is 0.460. The standard InChI is InChI=1S/C23H17N5O2/c24-8-7-14-12-28(19-4-2-1-3-15(14)19)21-20(22(29)27-23(21)30)17-11-26-18-6-5-13(10-25)9-16(17)18/h1-6,9,11-12,26H,7-8,24H2,(H,27,29,30). The molecule has 0 unspecified atom stereocenters. The van der Waals surface area contributed by atoms with Crippen LogP contribution in [0.5, 0.6) is 0 Å². The monoisotopic (exact) mass is 395 g/mol. The highest BCUT2D eigenvalue weighted by molar-refractivity contribution is 6.47. The Balaban J connectivity index is 1.83. The lowest BCUT2D eigenvalue weighted by Gasteiger charge is -2.07. The number of para-hydroxylation sites is 1. The van der Waals surface area contributed by atoms with Crippen molar-refractivity contribution in [2.45, 2.75) is 6.42 Å². The average Bonchev–Trinajstić information content (AvgIpc) is 3.41. The second-order valence-electron chi connectivity index (χ2n) is 7.16. The summed E-state index contributed by atoms with van der Waals surface area (Å²) in [4.78, 5) is 28.8. The first-order valence-electron chi connectivity index (χ1n) is 9.53. The number of hydrogen-bond acceptors (Lipinski definition) is 4. The molecule has 4 aromatic rings. The molecule has 1 aliphatic rings. The zero-order valence-corrected chi connectivity index (χ0v) is 15.9. The Morgan fingerprint density at radius 1 is 1.07 bits per heavy atom. The van der Waals surface area contributed by atoms with Gasteiger partial charge < -0.3 is 15.3 Å². The van der Waals surface area contributed by atoms with Gasteiger partial charge in [0.25, 0.3) is 11.8 Å². The van der Waals surface area contributed by atoms with E-state index in [-0.39, 0.29) is 11.3 Å². The molecule has 7 heteroatoms. The van der Waals surface area contributed by atoms with E-state index in [0.717, 1.165) is 22.0 Å². The second-order valence-corrected chi connectivity index (χ2v) is 7.16. The topological polar surface area (TPSA) is 117 Å². The Morgan fingerprint density at radius 2 is 1.90 bits per heavy atom. The molecule has 30 heavy (non-hydrogen) atoms. The predicted molar refractivity (Wildman–Crippen MR) is 114 cm³/mol. The lowest BCUT2D eigenvalue weighted by molar-refractivity contribution is -0.122. The van der Waals surface area contributed by atoms with Crippen LogP contribution in [0.25, 0.3) is 33.1 Å².